The summed E-state index contributed by atoms with van der Waals surface area (Å²) in [5.41, 5.74) is 14.1. The molecule has 0 saturated carbocycles. The second kappa shape index (κ2) is 15.4. The van der Waals surface area contributed by atoms with Crippen LogP contribution in [0, 0.1) is 0 Å². The van der Waals surface area contributed by atoms with Crippen molar-refractivity contribution >= 4 is 10.8 Å². The van der Waals surface area contributed by atoms with Crippen LogP contribution < -0.4 is 0 Å². The maximum absolute atomic E-state index is 5.25. The second-order valence-electron chi connectivity index (χ2n) is 14.4. The van der Waals surface area contributed by atoms with Crippen molar-refractivity contribution in [1.82, 2.24) is 15.0 Å². The van der Waals surface area contributed by atoms with Crippen molar-refractivity contribution < 1.29 is 0 Å². The van der Waals surface area contributed by atoms with E-state index in [0.717, 1.165) is 50.1 Å². The number of rotatable bonds is 8. The Balaban J connectivity index is 1.16. The van der Waals surface area contributed by atoms with Crippen LogP contribution in [0.25, 0.3) is 101 Å². The summed E-state index contributed by atoms with van der Waals surface area (Å²) in [5.74, 6) is 1.86. The largest absolute Gasteiger partial charge is 0.208 e. The van der Waals surface area contributed by atoms with E-state index in [9.17, 15) is 0 Å². The van der Waals surface area contributed by atoms with Gasteiger partial charge in [0.05, 0.1) is 0 Å². The molecule has 9 aromatic carbocycles. The van der Waals surface area contributed by atoms with Gasteiger partial charge in [-0.15, -0.1) is 0 Å². The van der Waals surface area contributed by atoms with Crippen molar-refractivity contribution in [1.29, 1.82) is 0 Å². The van der Waals surface area contributed by atoms with Crippen molar-refractivity contribution in [2.75, 3.05) is 0 Å². The molecule has 272 valence electrons. The van der Waals surface area contributed by atoms with Crippen LogP contribution in [-0.2, 0) is 0 Å². The van der Waals surface area contributed by atoms with Crippen LogP contribution in [0.2, 0.25) is 0 Å². The van der Waals surface area contributed by atoms with Crippen LogP contribution in [0.4, 0.5) is 0 Å². The summed E-state index contributed by atoms with van der Waals surface area (Å²) >= 11 is 0. The molecule has 0 bridgehead atoms. The van der Waals surface area contributed by atoms with E-state index in [0.29, 0.717) is 17.5 Å². The van der Waals surface area contributed by atoms with Crippen molar-refractivity contribution in [3.05, 3.63) is 224 Å². The molecule has 0 atom stereocenters. The maximum atomic E-state index is 5.25. The first-order valence-electron chi connectivity index (χ1n) is 19.6. The van der Waals surface area contributed by atoms with Gasteiger partial charge >= 0.3 is 0 Å². The number of aromatic nitrogens is 3. The molecular formula is C55H37N3. The molecule has 1 heterocycles. The van der Waals surface area contributed by atoms with Crippen molar-refractivity contribution in [3.8, 4) is 89.8 Å². The van der Waals surface area contributed by atoms with Crippen LogP contribution >= 0.6 is 0 Å². The zero-order valence-corrected chi connectivity index (χ0v) is 31.7. The van der Waals surface area contributed by atoms with Gasteiger partial charge in [0, 0.05) is 16.7 Å². The monoisotopic (exact) mass is 739 g/mol. The van der Waals surface area contributed by atoms with E-state index in [1.54, 1.807) is 0 Å². The van der Waals surface area contributed by atoms with E-state index in [1.807, 2.05) is 12.1 Å². The summed E-state index contributed by atoms with van der Waals surface area (Å²) in [4.78, 5) is 15.7. The Morgan fingerprint density at radius 2 is 0.638 bits per heavy atom. The lowest BCUT2D eigenvalue weighted by Crippen LogP contribution is -2.01. The molecular weight excluding hydrogens is 703 g/mol. The lowest BCUT2D eigenvalue weighted by Gasteiger charge is -2.16. The lowest BCUT2D eigenvalue weighted by molar-refractivity contribution is 1.07. The van der Waals surface area contributed by atoms with E-state index >= 15 is 0 Å². The smallest absolute Gasteiger partial charge is 0.164 e. The molecule has 0 spiro atoms. The topological polar surface area (TPSA) is 38.7 Å². The van der Waals surface area contributed by atoms with Crippen LogP contribution in [0.3, 0.4) is 0 Å². The van der Waals surface area contributed by atoms with Gasteiger partial charge in [0.1, 0.15) is 0 Å². The lowest BCUT2D eigenvalue weighted by atomic mass is 9.88. The first kappa shape index (κ1) is 34.7. The van der Waals surface area contributed by atoms with Gasteiger partial charge in [-0.05, 0) is 84.6 Å². The summed E-state index contributed by atoms with van der Waals surface area (Å²) in [6, 6.07) is 78.9. The molecule has 10 aromatic rings. The Kier molecular flexibility index (Phi) is 9.23. The first-order valence-corrected chi connectivity index (χ1v) is 19.6. The van der Waals surface area contributed by atoms with Gasteiger partial charge in [-0.2, -0.15) is 0 Å². The average Bonchev–Trinajstić information content (AvgIpc) is 3.32. The van der Waals surface area contributed by atoms with Crippen LogP contribution in [0.5, 0.6) is 0 Å². The van der Waals surface area contributed by atoms with Gasteiger partial charge in [-0.25, -0.2) is 15.0 Å². The van der Waals surface area contributed by atoms with Gasteiger partial charge in [-0.1, -0.05) is 206 Å². The summed E-state index contributed by atoms with van der Waals surface area (Å²) in [5, 5.41) is 2.43. The predicted molar refractivity (Wildman–Crippen MR) is 241 cm³/mol. The van der Waals surface area contributed by atoms with Crippen molar-refractivity contribution in [2.45, 2.75) is 0 Å². The number of fused-ring (bicyclic) bond motifs is 1. The van der Waals surface area contributed by atoms with Crippen LogP contribution in [0.1, 0.15) is 0 Å². The number of hydrogen-bond donors (Lipinski definition) is 0. The van der Waals surface area contributed by atoms with Gasteiger partial charge in [0.25, 0.3) is 0 Å². The van der Waals surface area contributed by atoms with Gasteiger partial charge < -0.3 is 0 Å². The zero-order chi connectivity index (χ0) is 38.7. The highest BCUT2D eigenvalue weighted by molar-refractivity contribution is 6.01. The molecule has 0 saturated heterocycles. The third kappa shape index (κ3) is 6.87. The fourth-order valence-electron chi connectivity index (χ4n) is 7.89. The van der Waals surface area contributed by atoms with E-state index in [1.165, 1.54) is 33.0 Å². The molecule has 58 heavy (non-hydrogen) atoms. The minimum absolute atomic E-state index is 0.613. The molecule has 0 N–H and O–H groups in total. The number of nitrogens with zero attached hydrogens (tertiary/aromatic N) is 3. The van der Waals surface area contributed by atoms with Gasteiger partial charge in [-0.3, -0.25) is 0 Å². The highest BCUT2D eigenvalue weighted by atomic mass is 15.0. The highest BCUT2D eigenvalue weighted by Crippen LogP contribution is 2.40. The highest BCUT2D eigenvalue weighted by Gasteiger charge is 2.18. The quantitative estimate of drug-likeness (QED) is 0.156. The average molecular weight is 740 g/mol. The third-order valence-corrected chi connectivity index (χ3v) is 10.8. The summed E-state index contributed by atoms with van der Waals surface area (Å²) in [7, 11) is 0. The van der Waals surface area contributed by atoms with Gasteiger partial charge in [0.2, 0.25) is 0 Å². The van der Waals surface area contributed by atoms with Crippen LogP contribution in [-0.4, -0.2) is 15.0 Å². The summed E-state index contributed by atoms with van der Waals surface area (Å²) in [6.45, 7) is 0. The third-order valence-electron chi connectivity index (χ3n) is 10.8. The molecule has 3 nitrogen and oxygen atoms in total. The minimum atomic E-state index is 0.613. The standard InChI is InChI=1S/C55H37N3/c1-4-17-38(18-5-1)42-25-14-27-45(35-42)53-56-54(58-55(57-53)51-31-13-12-30-48(51)40-21-8-3-9-22-40)46-28-15-26-44(36-46)49-34-33-43(39-19-6-2-7-20-39)37-52(49)50-32-16-24-41-23-10-11-29-47(41)50/h1-37H. The predicted octanol–water partition coefficient (Wildman–Crippen LogP) is 14.4. The molecule has 10 rings (SSSR count). The van der Waals surface area contributed by atoms with Crippen LogP contribution in [0.15, 0.2) is 224 Å². The molecule has 0 radical (unpaired) electrons. The van der Waals surface area contributed by atoms with E-state index in [2.05, 4.69) is 212 Å². The molecule has 3 heteroatoms. The zero-order valence-electron chi connectivity index (χ0n) is 31.7. The molecule has 0 unspecified atom stereocenters. The Hall–Kier alpha value is -7.75. The minimum Gasteiger partial charge on any atom is -0.208 e. The molecule has 0 aliphatic carbocycles. The van der Waals surface area contributed by atoms with E-state index in [-0.39, 0.29) is 0 Å². The maximum Gasteiger partial charge on any atom is 0.164 e. The van der Waals surface area contributed by atoms with Crippen molar-refractivity contribution in [2.24, 2.45) is 0 Å². The second-order valence-corrected chi connectivity index (χ2v) is 14.4. The first-order chi connectivity index (χ1) is 28.7. The molecule has 0 aliphatic heterocycles. The Labute approximate surface area is 338 Å². The number of benzene rings is 9. The fraction of sp³-hybridized carbons (Fsp3) is 0. The number of hydrogen-bond acceptors (Lipinski definition) is 3. The Morgan fingerprint density at radius 3 is 1.33 bits per heavy atom. The molecule has 1 aromatic heterocycles. The molecule has 0 aliphatic rings. The van der Waals surface area contributed by atoms with E-state index in [4.69, 9.17) is 15.0 Å². The van der Waals surface area contributed by atoms with Crippen molar-refractivity contribution in [3.63, 3.8) is 0 Å². The summed E-state index contributed by atoms with van der Waals surface area (Å²) in [6.07, 6.45) is 0. The van der Waals surface area contributed by atoms with Gasteiger partial charge in [0.15, 0.2) is 17.5 Å². The summed E-state index contributed by atoms with van der Waals surface area (Å²) < 4.78 is 0. The Morgan fingerprint density at radius 1 is 0.207 bits per heavy atom. The van der Waals surface area contributed by atoms with E-state index < -0.39 is 0 Å². The SMILES string of the molecule is c1ccc(-c2cccc(-c3nc(-c4cccc(-c5ccc(-c6ccccc6)cc5-c5cccc6ccccc56)c4)nc(-c4ccccc4-c4ccccc4)n3)c2)cc1. The fourth-order valence-corrected chi connectivity index (χ4v) is 7.89. The molecule has 0 amide bonds. The molecule has 0 fully saturated rings. The normalized spacial score (nSPS) is 11.1. The Bertz CT molecular complexity index is 3040.